The van der Waals surface area contributed by atoms with Gasteiger partial charge >= 0.3 is 0 Å². The van der Waals surface area contributed by atoms with Gasteiger partial charge in [-0.25, -0.2) is 0 Å². The standard InChI is InChI=1S/C34H24S2/c1-3-7-21(8-4-1)23-11-13-25-27-15-16-28-26-14-12-24(22-9-5-2-6-10-22)20-32(26)36-30-18-17-29(33(27)34(28)30)35-31(25)19-23/h1-5,7-9,11,13,15-20H,6,10,12,14H2. The van der Waals surface area contributed by atoms with Crippen molar-refractivity contribution in [3.05, 3.63) is 119 Å². The highest BCUT2D eigenvalue weighted by Gasteiger charge is 2.29. The second-order valence-corrected chi connectivity index (χ2v) is 12.1. The molecule has 0 bridgehead atoms. The Labute approximate surface area is 220 Å². The third-order valence-corrected chi connectivity index (χ3v) is 10.2. The fourth-order valence-electron chi connectivity index (χ4n) is 6.14. The van der Waals surface area contributed by atoms with Crippen LogP contribution in [0.4, 0.5) is 0 Å². The van der Waals surface area contributed by atoms with Crippen LogP contribution in [0.25, 0.3) is 38.6 Å². The van der Waals surface area contributed by atoms with E-state index in [1.807, 2.05) is 23.5 Å². The predicted octanol–water partition coefficient (Wildman–Crippen LogP) is 10.5. The van der Waals surface area contributed by atoms with Crippen LogP contribution >= 0.6 is 23.5 Å². The summed E-state index contributed by atoms with van der Waals surface area (Å²) in [6.45, 7) is 0. The van der Waals surface area contributed by atoms with E-state index < -0.39 is 0 Å². The normalized spacial score (nSPS) is 17.4. The molecule has 0 fully saturated rings. The van der Waals surface area contributed by atoms with Crippen LogP contribution in [0.2, 0.25) is 0 Å². The summed E-state index contributed by atoms with van der Waals surface area (Å²) in [5.74, 6) is 0. The number of allylic oxidation sites excluding steroid dienone is 7. The lowest BCUT2D eigenvalue weighted by molar-refractivity contribution is 0.904. The molecule has 0 saturated carbocycles. The fraction of sp³-hybridized carbons (Fsp3) is 0.118. The van der Waals surface area contributed by atoms with E-state index in [0.717, 1.165) is 12.8 Å². The summed E-state index contributed by atoms with van der Waals surface area (Å²) >= 11 is 3.92. The lowest BCUT2D eigenvalue weighted by Crippen LogP contribution is -2.06. The quantitative estimate of drug-likeness (QED) is 0.238. The van der Waals surface area contributed by atoms with Gasteiger partial charge in [0.25, 0.3) is 0 Å². The summed E-state index contributed by atoms with van der Waals surface area (Å²) in [5, 5.41) is 2.92. The van der Waals surface area contributed by atoms with Crippen molar-refractivity contribution in [1.82, 2.24) is 0 Å². The largest absolute Gasteiger partial charge is 0.0891 e. The molecule has 36 heavy (non-hydrogen) atoms. The molecule has 8 rings (SSSR count). The van der Waals surface area contributed by atoms with Gasteiger partial charge in [0.05, 0.1) is 0 Å². The molecule has 0 atom stereocenters. The number of benzene rings is 4. The Morgan fingerprint density at radius 1 is 0.583 bits per heavy atom. The summed E-state index contributed by atoms with van der Waals surface area (Å²) in [5.41, 5.74) is 11.4. The van der Waals surface area contributed by atoms with Crippen LogP contribution < -0.4 is 0 Å². The third-order valence-electron chi connectivity index (χ3n) is 7.90. The van der Waals surface area contributed by atoms with Crippen molar-refractivity contribution in [2.45, 2.75) is 40.4 Å². The molecular formula is C34H24S2. The first-order chi connectivity index (χ1) is 17.8. The Bertz CT molecular complexity index is 1710. The molecule has 172 valence electrons. The Hall–Kier alpha value is -3.20. The molecule has 2 aliphatic carbocycles. The van der Waals surface area contributed by atoms with Gasteiger partial charge in [0.15, 0.2) is 0 Å². The molecule has 2 heteroatoms. The van der Waals surface area contributed by atoms with Crippen molar-refractivity contribution < 1.29 is 0 Å². The van der Waals surface area contributed by atoms with Crippen molar-refractivity contribution in [2.24, 2.45) is 0 Å². The van der Waals surface area contributed by atoms with Crippen molar-refractivity contribution >= 4 is 39.9 Å². The Balaban J connectivity index is 1.27. The molecular weight excluding hydrogens is 473 g/mol. The predicted molar refractivity (Wildman–Crippen MR) is 155 cm³/mol. The summed E-state index contributed by atoms with van der Waals surface area (Å²) in [6.07, 6.45) is 14.0. The van der Waals surface area contributed by atoms with Gasteiger partial charge in [-0.3, -0.25) is 0 Å². The minimum atomic E-state index is 1.14. The number of fused-ring (bicyclic) bond motifs is 3. The smallest absolute Gasteiger partial charge is 0.0208 e. The second kappa shape index (κ2) is 8.16. The fourth-order valence-corrected chi connectivity index (χ4v) is 8.52. The van der Waals surface area contributed by atoms with Crippen molar-refractivity contribution in [1.29, 1.82) is 0 Å². The molecule has 2 heterocycles. The van der Waals surface area contributed by atoms with Gasteiger partial charge in [-0.1, -0.05) is 96.3 Å². The average molecular weight is 497 g/mol. The molecule has 0 nitrogen and oxygen atoms in total. The van der Waals surface area contributed by atoms with E-state index in [1.165, 1.54) is 76.6 Å². The van der Waals surface area contributed by atoms with Gasteiger partial charge in [0.1, 0.15) is 0 Å². The summed E-state index contributed by atoms with van der Waals surface area (Å²) in [4.78, 5) is 5.61. The molecule has 0 N–H and O–H groups in total. The van der Waals surface area contributed by atoms with Crippen molar-refractivity contribution in [2.75, 3.05) is 0 Å². The highest BCUT2D eigenvalue weighted by molar-refractivity contribution is 8.03. The lowest BCUT2D eigenvalue weighted by atomic mass is 9.84. The van der Waals surface area contributed by atoms with Crippen molar-refractivity contribution in [3.8, 4) is 22.3 Å². The van der Waals surface area contributed by atoms with Gasteiger partial charge in [-0.15, -0.1) is 0 Å². The minimum Gasteiger partial charge on any atom is -0.0891 e. The highest BCUT2D eigenvalue weighted by Crippen LogP contribution is 2.56. The maximum absolute atomic E-state index is 2.49. The monoisotopic (exact) mass is 496 g/mol. The first kappa shape index (κ1) is 20.9. The zero-order chi connectivity index (χ0) is 23.6. The first-order valence-electron chi connectivity index (χ1n) is 12.8. The van der Waals surface area contributed by atoms with E-state index in [9.17, 15) is 0 Å². The molecule has 0 aromatic heterocycles. The highest BCUT2D eigenvalue weighted by atomic mass is 32.2. The molecule has 4 aliphatic rings. The van der Waals surface area contributed by atoms with E-state index in [-0.39, 0.29) is 0 Å². The van der Waals surface area contributed by atoms with Crippen LogP contribution in [0.3, 0.4) is 0 Å². The summed E-state index contributed by atoms with van der Waals surface area (Å²) < 4.78 is 0. The maximum Gasteiger partial charge on any atom is 0.0208 e. The Kier molecular flexibility index (Phi) is 4.75. The van der Waals surface area contributed by atoms with Gasteiger partial charge in [0.2, 0.25) is 0 Å². The summed E-state index contributed by atoms with van der Waals surface area (Å²) in [7, 11) is 0. The molecule has 0 amide bonds. The van der Waals surface area contributed by atoms with E-state index in [2.05, 4.69) is 97.1 Å². The number of rotatable bonds is 2. The zero-order valence-electron chi connectivity index (χ0n) is 19.9. The van der Waals surface area contributed by atoms with Gasteiger partial charge in [0, 0.05) is 30.4 Å². The Morgan fingerprint density at radius 3 is 2.25 bits per heavy atom. The lowest BCUT2D eigenvalue weighted by Gasteiger charge is -2.30. The van der Waals surface area contributed by atoms with Gasteiger partial charge < -0.3 is 0 Å². The maximum atomic E-state index is 2.49. The zero-order valence-corrected chi connectivity index (χ0v) is 21.5. The molecule has 0 radical (unpaired) electrons. The van der Waals surface area contributed by atoms with Gasteiger partial charge in [-0.05, 0) is 94.5 Å². The minimum absolute atomic E-state index is 1.14. The van der Waals surface area contributed by atoms with Crippen LogP contribution in [0.1, 0.15) is 31.2 Å². The van der Waals surface area contributed by atoms with Gasteiger partial charge in [-0.2, -0.15) is 0 Å². The van der Waals surface area contributed by atoms with Crippen LogP contribution in [0, 0.1) is 0 Å². The van der Waals surface area contributed by atoms with Crippen LogP contribution in [-0.2, 0) is 0 Å². The van der Waals surface area contributed by atoms with Crippen LogP contribution in [0.15, 0.2) is 128 Å². The SMILES string of the molecule is C1=CCCC(C2=CC3=C(CC2)c2ccc4c5c(ccc(c25)S3)Sc2cc(-c3ccccc3)ccc2-4)=C1. The van der Waals surface area contributed by atoms with E-state index in [0.29, 0.717) is 0 Å². The topological polar surface area (TPSA) is 0 Å². The van der Waals surface area contributed by atoms with E-state index in [1.54, 1.807) is 11.1 Å². The number of hydrogen-bond donors (Lipinski definition) is 0. The molecule has 2 aliphatic heterocycles. The molecule has 0 saturated heterocycles. The molecule has 0 spiro atoms. The number of hydrogen-bond acceptors (Lipinski definition) is 2. The molecule has 4 aromatic carbocycles. The Morgan fingerprint density at radius 2 is 1.39 bits per heavy atom. The molecule has 0 unspecified atom stereocenters. The summed E-state index contributed by atoms with van der Waals surface area (Å²) in [6, 6.07) is 27.2. The number of thioether (sulfide) groups is 1. The third kappa shape index (κ3) is 3.18. The first-order valence-corrected chi connectivity index (χ1v) is 14.4. The van der Waals surface area contributed by atoms with E-state index >= 15 is 0 Å². The van der Waals surface area contributed by atoms with Crippen LogP contribution in [0.5, 0.6) is 0 Å². The van der Waals surface area contributed by atoms with E-state index in [4.69, 9.17) is 0 Å². The van der Waals surface area contributed by atoms with Crippen molar-refractivity contribution in [3.63, 3.8) is 0 Å². The van der Waals surface area contributed by atoms with Crippen LogP contribution in [-0.4, -0.2) is 0 Å². The molecule has 4 aromatic rings. The average Bonchev–Trinajstić information content (AvgIpc) is 2.95. The second-order valence-electron chi connectivity index (χ2n) is 9.92.